The molecule has 1 aliphatic rings. The fraction of sp³-hybridized carbons (Fsp3) is 0.682. The summed E-state index contributed by atoms with van der Waals surface area (Å²) in [5.74, 6) is 0.793. The molecule has 1 aromatic rings. The maximum atomic E-state index is 11.8. The number of hydrogen-bond acceptors (Lipinski definition) is 4. The number of carbonyl (C=O) groups excluding carboxylic acids is 1. The van der Waals surface area contributed by atoms with Crippen LogP contribution in [0.2, 0.25) is 0 Å². The second-order valence-corrected chi connectivity index (χ2v) is 8.69. The largest absolute Gasteiger partial charge is 0.490 e. The molecule has 2 N–H and O–H groups in total. The molecule has 0 saturated carbocycles. The lowest BCUT2D eigenvalue weighted by Gasteiger charge is -2.29. The van der Waals surface area contributed by atoms with Crippen molar-refractivity contribution >= 4 is 5.97 Å². The van der Waals surface area contributed by atoms with E-state index < -0.39 is 6.10 Å². The summed E-state index contributed by atoms with van der Waals surface area (Å²) in [5, 5.41) is 10.4. The second kappa shape index (κ2) is 9.56. The Morgan fingerprint density at radius 1 is 1.30 bits per heavy atom. The van der Waals surface area contributed by atoms with Gasteiger partial charge in [-0.2, -0.15) is 0 Å². The van der Waals surface area contributed by atoms with Gasteiger partial charge in [0.2, 0.25) is 0 Å². The Balaban J connectivity index is 1.82. The predicted octanol–water partition coefficient (Wildman–Crippen LogP) is 1.89. The molecule has 5 nitrogen and oxygen atoms in total. The minimum absolute atomic E-state index is 0.00741. The quantitative estimate of drug-likeness (QED) is 0.712. The van der Waals surface area contributed by atoms with Gasteiger partial charge in [0.25, 0.3) is 0 Å². The van der Waals surface area contributed by atoms with Gasteiger partial charge < -0.3 is 19.5 Å². The van der Waals surface area contributed by atoms with E-state index in [2.05, 4.69) is 33.8 Å². The highest BCUT2D eigenvalue weighted by molar-refractivity contribution is 5.72. The SMILES string of the molecule is CCOC(=O)C1CC[NH+](C[C@H](O)COc2ccc(C)cc2C(C)(C)C)CC1. The fourth-order valence-electron chi connectivity index (χ4n) is 3.66. The molecule has 5 heteroatoms. The van der Waals surface area contributed by atoms with Crippen LogP contribution in [-0.2, 0) is 14.9 Å². The van der Waals surface area contributed by atoms with Crippen molar-refractivity contribution < 1.29 is 24.3 Å². The van der Waals surface area contributed by atoms with Gasteiger partial charge in [0.15, 0.2) is 0 Å². The number of quaternary nitrogens is 1. The zero-order valence-electron chi connectivity index (χ0n) is 17.5. The number of esters is 1. The number of hydrogen-bond donors (Lipinski definition) is 2. The Morgan fingerprint density at radius 3 is 2.56 bits per heavy atom. The number of aryl methyl sites for hydroxylation is 1. The molecule has 0 bridgehead atoms. The van der Waals surface area contributed by atoms with Gasteiger partial charge in [-0.3, -0.25) is 4.79 Å². The third kappa shape index (κ3) is 6.51. The van der Waals surface area contributed by atoms with Gasteiger partial charge in [-0.05, 0) is 30.9 Å². The molecule has 1 atom stereocenters. The molecule has 0 spiro atoms. The fourth-order valence-corrected chi connectivity index (χ4v) is 3.66. The maximum Gasteiger partial charge on any atom is 0.309 e. The zero-order valence-corrected chi connectivity index (χ0v) is 17.5. The van der Waals surface area contributed by atoms with Gasteiger partial charge in [0.1, 0.15) is 25.0 Å². The van der Waals surface area contributed by atoms with Crippen LogP contribution in [0.25, 0.3) is 0 Å². The Hall–Kier alpha value is -1.59. The van der Waals surface area contributed by atoms with E-state index in [1.807, 2.05) is 19.1 Å². The molecule has 0 amide bonds. The van der Waals surface area contributed by atoms with Gasteiger partial charge in [-0.1, -0.05) is 38.5 Å². The molecule has 1 fully saturated rings. The minimum Gasteiger partial charge on any atom is -0.490 e. The summed E-state index contributed by atoms with van der Waals surface area (Å²) < 4.78 is 11.1. The lowest BCUT2D eigenvalue weighted by molar-refractivity contribution is -0.908. The van der Waals surface area contributed by atoms with Crippen LogP contribution in [0.5, 0.6) is 5.75 Å². The summed E-state index contributed by atoms with van der Waals surface area (Å²) >= 11 is 0. The van der Waals surface area contributed by atoms with Gasteiger partial charge in [-0.15, -0.1) is 0 Å². The Morgan fingerprint density at radius 2 is 1.96 bits per heavy atom. The summed E-state index contributed by atoms with van der Waals surface area (Å²) in [5.41, 5.74) is 2.37. The number of benzene rings is 1. The van der Waals surface area contributed by atoms with Crippen LogP contribution < -0.4 is 9.64 Å². The molecule has 1 saturated heterocycles. The van der Waals surface area contributed by atoms with Gasteiger partial charge >= 0.3 is 5.97 Å². The van der Waals surface area contributed by atoms with Crippen LogP contribution >= 0.6 is 0 Å². The molecule has 27 heavy (non-hydrogen) atoms. The van der Waals surface area contributed by atoms with Gasteiger partial charge in [-0.25, -0.2) is 0 Å². The monoisotopic (exact) mass is 378 g/mol. The topological polar surface area (TPSA) is 60.2 Å². The smallest absolute Gasteiger partial charge is 0.309 e. The van der Waals surface area contributed by atoms with Crippen LogP contribution in [0.3, 0.4) is 0 Å². The normalized spacial score (nSPS) is 21.6. The first-order chi connectivity index (χ1) is 12.7. The number of nitrogens with one attached hydrogen (secondary N) is 1. The first-order valence-electron chi connectivity index (χ1n) is 10.1. The third-order valence-corrected chi connectivity index (χ3v) is 5.21. The average molecular weight is 379 g/mol. The lowest BCUT2D eigenvalue weighted by atomic mass is 9.85. The number of aliphatic hydroxyl groups excluding tert-OH is 1. The molecule has 0 aromatic heterocycles. The van der Waals surface area contributed by atoms with Crippen molar-refractivity contribution in [2.24, 2.45) is 5.92 Å². The van der Waals surface area contributed by atoms with Crippen LogP contribution in [-0.4, -0.2) is 50.0 Å². The van der Waals surface area contributed by atoms with E-state index in [-0.39, 0.29) is 23.9 Å². The predicted molar refractivity (Wildman–Crippen MR) is 106 cm³/mol. The van der Waals surface area contributed by atoms with Crippen molar-refractivity contribution in [1.82, 2.24) is 0 Å². The number of aliphatic hydroxyl groups is 1. The molecule has 152 valence electrons. The molecule has 1 aliphatic heterocycles. The van der Waals surface area contributed by atoms with E-state index in [9.17, 15) is 9.90 Å². The summed E-state index contributed by atoms with van der Waals surface area (Å²) in [6.07, 6.45) is 1.13. The Bertz CT molecular complexity index is 615. The van der Waals surface area contributed by atoms with Crippen molar-refractivity contribution in [3.8, 4) is 5.75 Å². The number of carbonyl (C=O) groups is 1. The number of piperidine rings is 1. The molecule has 1 aromatic carbocycles. The number of likely N-dealkylation sites (tertiary alicyclic amines) is 1. The molecule has 0 unspecified atom stereocenters. The lowest BCUT2D eigenvalue weighted by Crippen LogP contribution is -3.14. The van der Waals surface area contributed by atoms with Crippen LogP contribution in [0.1, 0.15) is 51.7 Å². The molecule has 0 radical (unpaired) electrons. The van der Waals surface area contributed by atoms with E-state index in [1.54, 1.807) is 0 Å². The molecule has 1 heterocycles. The van der Waals surface area contributed by atoms with Crippen molar-refractivity contribution in [1.29, 1.82) is 0 Å². The Kier molecular flexibility index (Phi) is 7.68. The summed E-state index contributed by atoms with van der Waals surface area (Å²) in [6, 6.07) is 6.20. The summed E-state index contributed by atoms with van der Waals surface area (Å²) in [6.45, 7) is 13.6. The molecule has 0 aliphatic carbocycles. The Labute approximate surface area is 163 Å². The standard InChI is InChI=1S/C22H35NO4/c1-6-26-21(25)17-9-11-23(12-10-17)14-18(24)15-27-20-8-7-16(2)13-19(20)22(3,4)5/h7-8,13,17-18,24H,6,9-12,14-15H2,1-5H3/p+1/t18-/m0/s1. The highest BCUT2D eigenvalue weighted by Crippen LogP contribution is 2.32. The molecular formula is C22H36NO4+. The van der Waals surface area contributed by atoms with Crippen LogP contribution in [0, 0.1) is 12.8 Å². The first kappa shape index (κ1) is 21.7. The van der Waals surface area contributed by atoms with Crippen molar-refractivity contribution in [3.05, 3.63) is 29.3 Å². The van der Waals surface area contributed by atoms with Crippen molar-refractivity contribution in [2.45, 2.75) is 59.0 Å². The van der Waals surface area contributed by atoms with E-state index in [1.165, 1.54) is 10.5 Å². The van der Waals surface area contributed by atoms with Crippen molar-refractivity contribution in [2.75, 3.05) is 32.8 Å². The zero-order chi connectivity index (χ0) is 20.0. The van der Waals surface area contributed by atoms with Crippen molar-refractivity contribution in [3.63, 3.8) is 0 Å². The number of ether oxygens (including phenoxy) is 2. The maximum absolute atomic E-state index is 11.8. The first-order valence-corrected chi connectivity index (χ1v) is 10.1. The highest BCUT2D eigenvalue weighted by atomic mass is 16.5. The van der Waals surface area contributed by atoms with E-state index in [4.69, 9.17) is 9.47 Å². The molecular weight excluding hydrogens is 342 g/mol. The van der Waals surface area contributed by atoms with Gasteiger partial charge in [0, 0.05) is 12.8 Å². The van der Waals surface area contributed by atoms with E-state index in [0.29, 0.717) is 13.2 Å². The van der Waals surface area contributed by atoms with Crippen LogP contribution in [0.15, 0.2) is 18.2 Å². The van der Waals surface area contributed by atoms with Gasteiger partial charge in [0.05, 0.1) is 25.6 Å². The van der Waals surface area contributed by atoms with Crippen LogP contribution in [0.4, 0.5) is 0 Å². The highest BCUT2D eigenvalue weighted by Gasteiger charge is 2.29. The summed E-state index contributed by atoms with van der Waals surface area (Å²) in [4.78, 5) is 13.1. The van der Waals surface area contributed by atoms with E-state index in [0.717, 1.165) is 37.2 Å². The minimum atomic E-state index is -0.520. The number of rotatable bonds is 7. The average Bonchev–Trinajstić information content (AvgIpc) is 2.60. The summed E-state index contributed by atoms with van der Waals surface area (Å²) in [7, 11) is 0. The third-order valence-electron chi connectivity index (χ3n) is 5.21. The van der Waals surface area contributed by atoms with E-state index >= 15 is 0 Å². The molecule has 2 rings (SSSR count). The second-order valence-electron chi connectivity index (χ2n) is 8.69.